The van der Waals surface area contributed by atoms with Crippen molar-refractivity contribution in [2.24, 2.45) is 0 Å². The van der Waals surface area contributed by atoms with Gasteiger partial charge in [0.15, 0.2) is 5.78 Å². The third-order valence-electron chi connectivity index (χ3n) is 2.01. The van der Waals surface area contributed by atoms with Crippen molar-refractivity contribution in [3.05, 3.63) is 41.4 Å². The first-order chi connectivity index (χ1) is 7.20. The molecule has 4 nitrogen and oxygen atoms in total. The number of ketones is 1. The molecule has 2 aromatic rings. The van der Waals surface area contributed by atoms with E-state index in [4.69, 9.17) is 11.6 Å². The molecule has 0 unspecified atom stereocenters. The summed E-state index contributed by atoms with van der Waals surface area (Å²) < 4.78 is 1.52. The van der Waals surface area contributed by atoms with Crippen LogP contribution in [0.2, 0.25) is 5.02 Å². The highest BCUT2D eigenvalue weighted by Crippen LogP contribution is 2.22. The van der Waals surface area contributed by atoms with Gasteiger partial charge in [0.2, 0.25) is 0 Å². The maximum absolute atomic E-state index is 11.4. The summed E-state index contributed by atoms with van der Waals surface area (Å²) in [5.41, 5.74) is 1.11. The molecule has 1 aromatic heterocycles. The maximum atomic E-state index is 11.4. The van der Waals surface area contributed by atoms with Gasteiger partial charge in [-0.15, -0.1) is 0 Å². The summed E-state index contributed by atoms with van der Waals surface area (Å²) >= 11 is 5.96. The molecule has 0 aliphatic rings. The summed E-state index contributed by atoms with van der Waals surface area (Å²) in [6.45, 7) is 1.47. The van der Waals surface area contributed by atoms with Crippen LogP contribution in [0.25, 0.3) is 5.69 Å². The summed E-state index contributed by atoms with van der Waals surface area (Å²) in [6.07, 6.45) is 2.93. The monoisotopic (exact) mass is 221 g/mol. The van der Waals surface area contributed by atoms with Crippen molar-refractivity contribution in [3.8, 4) is 5.69 Å². The van der Waals surface area contributed by atoms with E-state index >= 15 is 0 Å². The van der Waals surface area contributed by atoms with E-state index in [-0.39, 0.29) is 5.78 Å². The van der Waals surface area contributed by atoms with E-state index in [0.717, 1.165) is 0 Å². The first kappa shape index (κ1) is 9.86. The van der Waals surface area contributed by atoms with Crippen LogP contribution in [0.5, 0.6) is 0 Å². The fraction of sp³-hybridized carbons (Fsp3) is 0.100. The predicted octanol–water partition coefficient (Wildman–Crippen LogP) is 2.12. The predicted molar refractivity (Wildman–Crippen MR) is 56.4 cm³/mol. The first-order valence-electron chi connectivity index (χ1n) is 4.34. The van der Waals surface area contributed by atoms with Gasteiger partial charge in [-0.3, -0.25) is 4.79 Å². The third kappa shape index (κ3) is 1.76. The molecule has 0 amide bonds. The Hall–Kier alpha value is -1.68. The third-order valence-corrected chi connectivity index (χ3v) is 2.32. The molecule has 0 N–H and O–H groups in total. The van der Waals surface area contributed by atoms with E-state index in [1.165, 1.54) is 24.3 Å². The molecule has 0 atom stereocenters. The highest BCUT2D eigenvalue weighted by atomic mass is 35.5. The van der Waals surface area contributed by atoms with Crippen molar-refractivity contribution in [1.29, 1.82) is 0 Å². The lowest BCUT2D eigenvalue weighted by atomic mass is 10.1. The van der Waals surface area contributed by atoms with Gasteiger partial charge in [-0.05, 0) is 19.1 Å². The number of carbonyl (C=O) groups excluding carboxylic acids is 1. The SMILES string of the molecule is CC(=O)c1c(Cl)cccc1-n1cncn1. The molecule has 0 aliphatic heterocycles. The molecular formula is C10H8ClN3O. The van der Waals surface area contributed by atoms with E-state index in [9.17, 15) is 4.79 Å². The summed E-state index contributed by atoms with van der Waals surface area (Å²) in [7, 11) is 0. The smallest absolute Gasteiger partial charge is 0.163 e. The Morgan fingerprint density at radius 1 is 1.47 bits per heavy atom. The minimum Gasteiger partial charge on any atom is -0.294 e. The van der Waals surface area contributed by atoms with Crippen LogP contribution in [0.3, 0.4) is 0 Å². The Morgan fingerprint density at radius 2 is 2.27 bits per heavy atom. The molecule has 1 heterocycles. The Balaban J connectivity index is 2.66. The van der Waals surface area contributed by atoms with Crippen LogP contribution in [0.15, 0.2) is 30.9 Å². The van der Waals surface area contributed by atoms with Gasteiger partial charge in [-0.25, -0.2) is 9.67 Å². The van der Waals surface area contributed by atoms with Gasteiger partial charge < -0.3 is 0 Å². The van der Waals surface area contributed by atoms with E-state index in [1.807, 2.05) is 0 Å². The average molecular weight is 222 g/mol. The van der Waals surface area contributed by atoms with Crippen molar-refractivity contribution in [2.45, 2.75) is 6.92 Å². The number of halogens is 1. The summed E-state index contributed by atoms with van der Waals surface area (Å²) in [5.74, 6) is -0.0916. The molecule has 0 radical (unpaired) electrons. The topological polar surface area (TPSA) is 47.8 Å². The Kier molecular flexibility index (Phi) is 2.51. The van der Waals surface area contributed by atoms with Crippen LogP contribution >= 0.6 is 11.6 Å². The normalized spacial score (nSPS) is 10.3. The zero-order chi connectivity index (χ0) is 10.8. The molecule has 0 fully saturated rings. The molecule has 0 saturated carbocycles. The summed E-state index contributed by atoms with van der Waals surface area (Å²) in [4.78, 5) is 15.3. The molecular weight excluding hydrogens is 214 g/mol. The quantitative estimate of drug-likeness (QED) is 0.730. The number of Topliss-reactive ketones (excluding diaryl/α,β-unsaturated/α-hetero) is 1. The van der Waals surface area contributed by atoms with Crippen LogP contribution in [0.1, 0.15) is 17.3 Å². The average Bonchev–Trinajstić information content (AvgIpc) is 2.69. The largest absolute Gasteiger partial charge is 0.294 e. The number of rotatable bonds is 2. The molecule has 5 heteroatoms. The Labute approximate surface area is 91.5 Å². The molecule has 1 aromatic carbocycles. The number of hydrogen-bond donors (Lipinski definition) is 0. The van der Waals surface area contributed by atoms with E-state index in [0.29, 0.717) is 16.3 Å². The van der Waals surface area contributed by atoms with Crippen LogP contribution in [-0.2, 0) is 0 Å². The highest BCUT2D eigenvalue weighted by molar-refractivity contribution is 6.34. The standard InChI is InChI=1S/C10H8ClN3O/c1-7(15)10-8(11)3-2-4-9(10)14-6-12-5-13-14/h2-6H,1H3. The maximum Gasteiger partial charge on any atom is 0.163 e. The number of benzene rings is 1. The van der Waals surface area contributed by atoms with E-state index < -0.39 is 0 Å². The van der Waals surface area contributed by atoms with Crippen molar-refractivity contribution in [2.75, 3.05) is 0 Å². The molecule has 76 valence electrons. The molecule has 15 heavy (non-hydrogen) atoms. The van der Waals surface area contributed by atoms with E-state index in [1.54, 1.807) is 18.2 Å². The Bertz CT molecular complexity index is 493. The molecule has 0 saturated heterocycles. The number of hydrogen-bond acceptors (Lipinski definition) is 3. The zero-order valence-corrected chi connectivity index (χ0v) is 8.77. The van der Waals surface area contributed by atoms with Gasteiger partial charge in [-0.1, -0.05) is 17.7 Å². The number of aromatic nitrogens is 3. The van der Waals surface area contributed by atoms with Crippen LogP contribution in [0, 0.1) is 0 Å². The van der Waals surface area contributed by atoms with Crippen molar-refractivity contribution in [1.82, 2.24) is 14.8 Å². The van der Waals surface area contributed by atoms with Gasteiger partial charge in [0.05, 0.1) is 16.3 Å². The van der Waals surface area contributed by atoms with Gasteiger partial charge in [0.25, 0.3) is 0 Å². The zero-order valence-electron chi connectivity index (χ0n) is 8.01. The number of carbonyl (C=O) groups is 1. The fourth-order valence-corrected chi connectivity index (χ4v) is 1.69. The van der Waals surface area contributed by atoms with Gasteiger partial charge in [0.1, 0.15) is 12.7 Å². The van der Waals surface area contributed by atoms with Crippen molar-refractivity contribution < 1.29 is 4.79 Å². The lowest BCUT2D eigenvalue weighted by Gasteiger charge is -2.07. The van der Waals surface area contributed by atoms with Crippen LogP contribution in [-0.4, -0.2) is 20.5 Å². The second kappa shape index (κ2) is 3.82. The molecule has 0 bridgehead atoms. The minimum atomic E-state index is -0.0916. The van der Waals surface area contributed by atoms with E-state index in [2.05, 4.69) is 10.1 Å². The second-order valence-electron chi connectivity index (χ2n) is 3.03. The summed E-state index contributed by atoms with van der Waals surface area (Å²) in [6, 6.07) is 5.22. The second-order valence-corrected chi connectivity index (χ2v) is 3.44. The Morgan fingerprint density at radius 3 is 2.87 bits per heavy atom. The molecule has 0 spiro atoms. The van der Waals surface area contributed by atoms with Gasteiger partial charge >= 0.3 is 0 Å². The van der Waals surface area contributed by atoms with Gasteiger partial charge in [-0.2, -0.15) is 5.10 Å². The van der Waals surface area contributed by atoms with Crippen LogP contribution < -0.4 is 0 Å². The van der Waals surface area contributed by atoms with Gasteiger partial charge in [0, 0.05) is 0 Å². The first-order valence-corrected chi connectivity index (χ1v) is 4.72. The molecule has 0 aliphatic carbocycles. The van der Waals surface area contributed by atoms with Crippen LogP contribution in [0.4, 0.5) is 0 Å². The fourth-order valence-electron chi connectivity index (χ4n) is 1.38. The highest BCUT2D eigenvalue weighted by Gasteiger charge is 2.12. The minimum absolute atomic E-state index is 0.0916. The summed E-state index contributed by atoms with van der Waals surface area (Å²) in [5, 5.41) is 4.39. The van der Waals surface area contributed by atoms with Crippen molar-refractivity contribution in [3.63, 3.8) is 0 Å². The molecule has 2 rings (SSSR count). The number of nitrogens with zero attached hydrogens (tertiary/aromatic N) is 3. The lowest BCUT2D eigenvalue weighted by Crippen LogP contribution is -2.04. The lowest BCUT2D eigenvalue weighted by molar-refractivity contribution is 0.101. The van der Waals surface area contributed by atoms with Crippen molar-refractivity contribution >= 4 is 17.4 Å².